The van der Waals surface area contributed by atoms with Crippen molar-refractivity contribution in [1.82, 2.24) is 0 Å². The van der Waals surface area contributed by atoms with Gasteiger partial charge in [0.2, 0.25) is 0 Å². The molecular formula is C21H23N3O. The van der Waals surface area contributed by atoms with Crippen molar-refractivity contribution in [3.8, 4) is 0 Å². The van der Waals surface area contributed by atoms with Crippen LogP contribution in [0, 0.1) is 6.92 Å². The van der Waals surface area contributed by atoms with Gasteiger partial charge in [0.15, 0.2) is 0 Å². The maximum absolute atomic E-state index is 11.2. The van der Waals surface area contributed by atoms with Gasteiger partial charge >= 0.3 is 0 Å². The van der Waals surface area contributed by atoms with Crippen molar-refractivity contribution in [3.63, 3.8) is 0 Å². The summed E-state index contributed by atoms with van der Waals surface area (Å²) >= 11 is 0. The monoisotopic (exact) mass is 333 g/mol. The van der Waals surface area contributed by atoms with Gasteiger partial charge < -0.3 is 22.3 Å². The molecule has 128 valence electrons. The van der Waals surface area contributed by atoms with E-state index >= 15 is 0 Å². The van der Waals surface area contributed by atoms with E-state index < -0.39 is 6.10 Å². The summed E-state index contributed by atoms with van der Waals surface area (Å²) in [5.41, 5.74) is 23.4. The molecule has 0 fully saturated rings. The van der Waals surface area contributed by atoms with Gasteiger partial charge in [-0.15, -0.1) is 0 Å². The van der Waals surface area contributed by atoms with Crippen LogP contribution in [0.5, 0.6) is 0 Å². The first-order chi connectivity index (χ1) is 12.0. The molecule has 0 spiro atoms. The Kier molecular flexibility index (Phi) is 4.63. The number of benzene rings is 3. The first-order valence-electron chi connectivity index (χ1n) is 8.20. The highest BCUT2D eigenvalue weighted by Gasteiger charge is 2.26. The summed E-state index contributed by atoms with van der Waals surface area (Å²) in [6, 6.07) is 20.8. The minimum absolute atomic E-state index is 0.233. The Balaban J connectivity index is 2.09. The van der Waals surface area contributed by atoms with Crippen molar-refractivity contribution in [3.05, 3.63) is 89.0 Å². The second-order valence-electron chi connectivity index (χ2n) is 6.37. The summed E-state index contributed by atoms with van der Waals surface area (Å²) in [6.07, 6.45) is -0.715. The van der Waals surface area contributed by atoms with Gasteiger partial charge in [0, 0.05) is 23.0 Å². The van der Waals surface area contributed by atoms with E-state index in [2.05, 4.69) is 0 Å². The van der Waals surface area contributed by atoms with Gasteiger partial charge in [0.05, 0.1) is 6.10 Å². The minimum Gasteiger partial charge on any atom is -0.399 e. The minimum atomic E-state index is -0.715. The summed E-state index contributed by atoms with van der Waals surface area (Å²) in [4.78, 5) is 0. The fraction of sp³-hybridized carbons (Fsp3) is 0.143. The highest BCUT2D eigenvalue weighted by atomic mass is 16.3. The lowest BCUT2D eigenvalue weighted by atomic mass is 9.82. The number of hydrogen-bond acceptors (Lipinski definition) is 4. The Hall–Kier alpha value is -2.98. The molecule has 0 aliphatic carbocycles. The van der Waals surface area contributed by atoms with Gasteiger partial charge in [-0.25, -0.2) is 0 Å². The average molecular weight is 333 g/mol. The number of nitrogens with two attached hydrogens (primary N) is 3. The Morgan fingerprint density at radius 2 is 1.12 bits per heavy atom. The third-order valence-corrected chi connectivity index (χ3v) is 4.52. The van der Waals surface area contributed by atoms with Gasteiger partial charge in [-0.1, -0.05) is 30.3 Å². The largest absolute Gasteiger partial charge is 0.399 e. The standard InChI is InChI=1S/C21H23N3O/c1-13-12-18(24)10-11-19(13)21(25)20(14-2-6-16(22)7-3-14)15-4-8-17(23)9-5-15/h2-12,20-21,25H,22-24H2,1H3/t21-/m0/s1. The van der Waals surface area contributed by atoms with Crippen LogP contribution in [0.25, 0.3) is 0 Å². The van der Waals surface area contributed by atoms with Crippen LogP contribution in [-0.2, 0) is 0 Å². The lowest BCUT2D eigenvalue weighted by Gasteiger charge is -2.26. The van der Waals surface area contributed by atoms with Gasteiger partial charge in [-0.05, 0) is 65.6 Å². The SMILES string of the molecule is Cc1cc(N)ccc1[C@H](O)C(c1ccc(N)cc1)c1ccc(N)cc1. The molecule has 0 saturated carbocycles. The molecule has 3 aromatic rings. The van der Waals surface area contributed by atoms with Gasteiger partial charge in [0.1, 0.15) is 0 Å². The predicted molar refractivity (Wildman–Crippen MR) is 104 cm³/mol. The van der Waals surface area contributed by atoms with Crippen molar-refractivity contribution in [2.75, 3.05) is 17.2 Å². The van der Waals surface area contributed by atoms with E-state index in [1.165, 1.54) is 0 Å². The van der Waals surface area contributed by atoms with E-state index in [1.54, 1.807) is 0 Å². The molecule has 3 rings (SSSR count). The molecule has 4 heteroatoms. The molecule has 0 heterocycles. The lowest BCUT2D eigenvalue weighted by molar-refractivity contribution is 0.158. The van der Waals surface area contributed by atoms with Crippen LogP contribution < -0.4 is 17.2 Å². The first kappa shape index (κ1) is 16.9. The van der Waals surface area contributed by atoms with Crippen molar-refractivity contribution in [2.45, 2.75) is 18.9 Å². The number of aliphatic hydroxyl groups excluding tert-OH is 1. The van der Waals surface area contributed by atoms with Crippen LogP contribution in [-0.4, -0.2) is 5.11 Å². The Bertz CT molecular complexity index is 812. The molecule has 0 bridgehead atoms. The van der Waals surface area contributed by atoms with Crippen molar-refractivity contribution < 1.29 is 5.11 Å². The fourth-order valence-electron chi connectivity index (χ4n) is 3.17. The number of aliphatic hydroxyl groups is 1. The molecule has 4 nitrogen and oxygen atoms in total. The molecule has 0 aromatic heterocycles. The molecule has 0 aliphatic rings. The number of anilines is 3. The van der Waals surface area contributed by atoms with Crippen LogP contribution in [0.4, 0.5) is 17.1 Å². The highest BCUT2D eigenvalue weighted by Crippen LogP contribution is 2.38. The summed E-state index contributed by atoms with van der Waals surface area (Å²) in [5.74, 6) is -0.233. The van der Waals surface area contributed by atoms with Crippen molar-refractivity contribution in [1.29, 1.82) is 0 Å². The summed E-state index contributed by atoms with van der Waals surface area (Å²) < 4.78 is 0. The molecule has 0 radical (unpaired) electrons. The topological polar surface area (TPSA) is 98.3 Å². The summed E-state index contributed by atoms with van der Waals surface area (Å²) in [6.45, 7) is 1.96. The van der Waals surface area contributed by atoms with Crippen molar-refractivity contribution in [2.24, 2.45) is 0 Å². The number of hydrogen-bond donors (Lipinski definition) is 4. The maximum atomic E-state index is 11.2. The molecule has 0 aliphatic heterocycles. The van der Waals surface area contributed by atoms with Crippen LogP contribution in [0.1, 0.15) is 34.3 Å². The smallest absolute Gasteiger partial charge is 0.0901 e. The zero-order chi connectivity index (χ0) is 18.0. The van der Waals surface area contributed by atoms with Crippen LogP contribution >= 0.6 is 0 Å². The number of aryl methyl sites for hydroxylation is 1. The van der Waals surface area contributed by atoms with E-state index in [9.17, 15) is 5.11 Å². The average Bonchev–Trinajstić information content (AvgIpc) is 2.58. The molecule has 0 unspecified atom stereocenters. The molecular weight excluding hydrogens is 310 g/mol. The third kappa shape index (κ3) is 3.59. The lowest BCUT2D eigenvalue weighted by Crippen LogP contribution is -2.14. The molecule has 25 heavy (non-hydrogen) atoms. The molecule has 3 aromatic carbocycles. The number of nitrogen functional groups attached to an aromatic ring is 3. The van der Waals surface area contributed by atoms with Crippen molar-refractivity contribution >= 4 is 17.1 Å². The van der Waals surface area contributed by atoms with Crippen LogP contribution in [0.3, 0.4) is 0 Å². The van der Waals surface area contributed by atoms with E-state index in [0.29, 0.717) is 17.1 Å². The second-order valence-corrected chi connectivity index (χ2v) is 6.37. The third-order valence-electron chi connectivity index (χ3n) is 4.52. The molecule has 0 saturated heterocycles. The Labute approximate surface area is 147 Å². The second kappa shape index (κ2) is 6.87. The van der Waals surface area contributed by atoms with Gasteiger partial charge in [-0.3, -0.25) is 0 Å². The van der Waals surface area contributed by atoms with Crippen LogP contribution in [0.2, 0.25) is 0 Å². The Morgan fingerprint density at radius 1 is 0.680 bits per heavy atom. The maximum Gasteiger partial charge on any atom is 0.0901 e. The summed E-state index contributed by atoms with van der Waals surface area (Å²) in [7, 11) is 0. The summed E-state index contributed by atoms with van der Waals surface area (Å²) in [5, 5.41) is 11.2. The Morgan fingerprint density at radius 3 is 1.56 bits per heavy atom. The van der Waals surface area contributed by atoms with Gasteiger partial charge in [-0.2, -0.15) is 0 Å². The zero-order valence-electron chi connectivity index (χ0n) is 14.2. The van der Waals surface area contributed by atoms with Crippen LogP contribution in [0.15, 0.2) is 66.7 Å². The predicted octanol–water partition coefficient (Wildman–Crippen LogP) is 3.61. The van der Waals surface area contributed by atoms with Gasteiger partial charge in [0.25, 0.3) is 0 Å². The normalized spacial score (nSPS) is 12.3. The van der Waals surface area contributed by atoms with E-state index in [-0.39, 0.29) is 5.92 Å². The highest BCUT2D eigenvalue weighted by molar-refractivity contribution is 5.49. The van der Waals surface area contributed by atoms with E-state index in [0.717, 1.165) is 22.3 Å². The molecule has 1 atom stereocenters. The fourth-order valence-corrected chi connectivity index (χ4v) is 3.17. The molecule has 7 N–H and O–H groups in total. The zero-order valence-corrected chi connectivity index (χ0v) is 14.2. The molecule has 0 amide bonds. The van der Waals surface area contributed by atoms with E-state index in [1.807, 2.05) is 73.7 Å². The number of rotatable bonds is 4. The quantitative estimate of drug-likeness (QED) is 0.548. The van der Waals surface area contributed by atoms with E-state index in [4.69, 9.17) is 17.2 Å². The first-order valence-corrected chi connectivity index (χ1v) is 8.20.